The number of ether oxygens (including phenoxy) is 1. The molecule has 0 saturated carbocycles. The van der Waals surface area contributed by atoms with Crippen LogP contribution in [0.15, 0.2) is 89.0 Å². The van der Waals surface area contributed by atoms with Crippen LogP contribution in [0.25, 0.3) is 0 Å². The summed E-state index contributed by atoms with van der Waals surface area (Å²) in [6, 6.07) is 15.4. The minimum absolute atomic E-state index is 0.0628. The van der Waals surface area contributed by atoms with Crippen LogP contribution >= 0.6 is 15.9 Å². The lowest BCUT2D eigenvalue weighted by atomic mass is 10.1. The number of rotatable bonds is 6. The van der Waals surface area contributed by atoms with Gasteiger partial charge in [0, 0.05) is 4.47 Å². The highest BCUT2D eigenvalue weighted by Crippen LogP contribution is 2.25. The van der Waals surface area contributed by atoms with E-state index < -0.39 is 0 Å². The molecule has 0 spiro atoms. The molecule has 0 aromatic heterocycles. The molecule has 0 amide bonds. The van der Waals surface area contributed by atoms with Gasteiger partial charge in [-0.2, -0.15) is 0 Å². The molecule has 1 aliphatic rings. The van der Waals surface area contributed by atoms with Crippen LogP contribution in [-0.4, -0.2) is 5.78 Å². The summed E-state index contributed by atoms with van der Waals surface area (Å²) < 4.78 is 6.72. The Labute approximate surface area is 150 Å². The molecule has 0 saturated heterocycles. The van der Waals surface area contributed by atoms with E-state index in [0.29, 0.717) is 17.9 Å². The molecule has 120 valence electrons. The van der Waals surface area contributed by atoms with Gasteiger partial charge >= 0.3 is 0 Å². The number of ketones is 1. The summed E-state index contributed by atoms with van der Waals surface area (Å²) in [5.74, 6) is 0.530. The Kier molecular flexibility index (Phi) is 5.44. The lowest BCUT2D eigenvalue weighted by Gasteiger charge is -2.10. The molecule has 2 aromatic rings. The lowest BCUT2D eigenvalue weighted by molar-refractivity contribution is 0.104. The van der Waals surface area contributed by atoms with Crippen LogP contribution in [0.1, 0.15) is 22.3 Å². The van der Waals surface area contributed by atoms with Gasteiger partial charge in [0.1, 0.15) is 12.4 Å². The molecule has 2 nitrogen and oxygen atoms in total. The Morgan fingerprint density at radius 2 is 2.00 bits per heavy atom. The summed E-state index contributed by atoms with van der Waals surface area (Å²) in [6.07, 6.45) is 10.4. The van der Waals surface area contributed by atoms with E-state index in [0.717, 1.165) is 22.0 Å². The fourth-order valence-electron chi connectivity index (χ4n) is 2.42. The number of benzene rings is 2. The molecule has 0 fully saturated rings. The molecule has 2 aromatic carbocycles. The normalized spacial score (nSPS) is 13.3. The highest BCUT2D eigenvalue weighted by Gasteiger charge is 2.11. The van der Waals surface area contributed by atoms with Crippen molar-refractivity contribution in [2.24, 2.45) is 0 Å². The van der Waals surface area contributed by atoms with Crippen molar-refractivity contribution in [3.05, 3.63) is 100 Å². The Balaban J connectivity index is 1.76. The summed E-state index contributed by atoms with van der Waals surface area (Å²) in [7, 11) is 0. The SMILES string of the molecule is O=C(/C=C/C1=CC=CC1)c1cc(Br)ccc1OCc1ccccc1. The first kappa shape index (κ1) is 16.5. The molecule has 1 aliphatic carbocycles. The zero-order valence-electron chi connectivity index (χ0n) is 13.1. The Bertz CT molecular complexity index is 817. The zero-order chi connectivity index (χ0) is 16.8. The average Bonchev–Trinajstić information content (AvgIpc) is 3.13. The second-order valence-corrected chi connectivity index (χ2v) is 6.40. The van der Waals surface area contributed by atoms with Crippen molar-refractivity contribution < 1.29 is 9.53 Å². The highest BCUT2D eigenvalue weighted by molar-refractivity contribution is 9.10. The van der Waals surface area contributed by atoms with Gasteiger partial charge in [-0.1, -0.05) is 70.6 Å². The molecular weight excluding hydrogens is 364 g/mol. The molecular formula is C21H17BrO2. The van der Waals surface area contributed by atoms with E-state index in [9.17, 15) is 4.79 Å². The van der Waals surface area contributed by atoms with Gasteiger partial charge in [0.15, 0.2) is 5.78 Å². The monoisotopic (exact) mass is 380 g/mol. The van der Waals surface area contributed by atoms with Crippen LogP contribution in [0.2, 0.25) is 0 Å². The van der Waals surface area contributed by atoms with Crippen LogP contribution in [0.3, 0.4) is 0 Å². The number of hydrogen-bond donors (Lipinski definition) is 0. The van der Waals surface area contributed by atoms with Crippen molar-refractivity contribution in [1.82, 2.24) is 0 Å². The largest absolute Gasteiger partial charge is 0.488 e. The van der Waals surface area contributed by atoms with E-state index in [2.05, 4.69) is 22.0 Å². The van der Waals surface area contributed by atoms with Crippen LogP contribution in [0, 0.1) is 0 Å². The first-order chi connectivity index (χ1) is 11.7. The lowest BCUT2D eigenvalue weighted by Crippen LogP contribution is -2.02. The molecule has 3 heteroatoms. The molecule has 0 aliphatic heterocycles. The molecule has 0 atom stereocenters. The first-order valence-corrected chi connectivity index (χ1v) is 8.56. The second-order valence-electron chi connectivity index (χ2n) is 5.49. The average molecular weight is 381 g/mol. The highest BCUT2D eigenvalue weighted by atomic mass is 79.9. The van der Waals surface area contributed by atoms with Gasteiger partial charge in [0.25, 0.3) is 0 Å². The van der Waals surface area contributed by atoms with E-state index in [4.69, 9.17) is 4.74 Å². The van der Waals surface area contributed by atoms with Crippen LogP contribution in [0.4, 0.5) is 0 Å². The predicted molar refractivity (Wildman–Crippen MR) is 100 cm³/mol. The van der Waals surface area contributed by atoms with Gasteiger partial charge < -0.3 is 4.74 Å². The van der Waals surface area contributed by atoms with Crippen LogP contribution in [-0.2, 0) is 6.61 Å². The van der Waals surface area contributed by atoms with Crippen LogP contribution < -0.4 is 4.74 Å². The Morgan fingerprint density at radius 3 is 2.75 bits per heavy atom. The zero-order valence-corrected chi connectivity index (χ0v) is 14.7. The van der Waals surface area contributed by atoms with Gasteiger partial charge in [-0.05, 0) is 41.8 Å². The quantitative estimate of drug-likeness (QED) is 0.477. The van der Waals surface area contributed by atoms with Gasteiger partial charge in [0.05, 0.1) is 5.56 Å². The van der Waals surface area contributed by atoms with Gasteiger partial charge in [-0.15, -0.1) is 0 Å². The summed E-state index contributed by atoms with van der Waals surface area (Å²) in [6.45, 7) is 0.432. The number of carbonyl (C=O) groups excluding carboxylic acids is 1. The predicted octanol–water partition coefficient (Wildman–Crippen LogP) is 5.65. The van der Waals surface area contributed by atoms with Crippen molar-refractivity contribution in [3.8, 4) is 5.75 Å². The molecule has 3 rings (SSSR count). The van der Waals surface area contributed by atoms with E-state index in [1.54, 1.807) is 12.1 Å². The molecule has 0 bridgehead atoms. The standard InChI is InChI=1S/C21H17BrO2/c22-18-11-13-21(24-15-17-8-2-1-3-9-17)19(14-18)20(23)12-10-16-6-4-5-7-16/h1-6,8-14H,7,15H2/b12-10+. The van der Waals surface area contributed by atoms with Crippen LogP contribution in [0.5, 0.6) is 5.75 Å². The fraction of sp³-hybridized carbons (Fsp3) is 0.0952. The maximum Gasteiger partial charge on any atom is 0.189 e. The van der Waals surface area contributed by atoms with Crippen molar-refractivity contribution in [2.75, 3.05) is 0 Å². The topological polar surface area (TPSA) is 26.3 Å². The fourth-order valence-corrected chi connectivity index (χ4v) is 2.78. The molecule has 0 radical (unpaired) electrons. The summed E-state index contributed by atoms with van der Waals surface area (Å²) in [4.78, 5) is 12.6. The van der Waals surface area contributed by atoms with E-state index in [-0.39, 0.29) is 5.78 Å². The molecule has 0 heterocycles. The van der Waals surface area contributed by atoms with E-state index in [1.807, 2.05) is 60.7 Å². The summed E-state index contributed by atoms with van der Waals surface area (Å²) in [5.41, 5.74) is 2.75. The third-order valence-electron chi connectivity index (χ3n) is 3.69. The summed E-state index contributed by atoms with van der Waals surface area (Å²) >= 11 is 3.42. The van der Waals surface area contributed by atoms with E-state index >= 15 is 0 Å². The third-order valence-corrected chi connectivity index (χ3v) is 4.19. The van der Waals surface area contributed by atoms with Crippen molar-refractivity contribution >= 4 is 21.7 Å². The Morgan fingerprint density at radius 1 is 1.17 bits per heavy atom. The van der Waals surface area contributed by atoms with Gasteiger partial charge in [0.2, 0.25) is 0 Å². The smallest absolute Gasteiger partial charge is 0.189 e. The minimum atomic E-state index is -0.0628. The maximum atomic E-state index is 12.6. The van der Waals surface area contributed by atoms with E-state index in [1.165, 1.54) is 0 Å². The number of allylic oxidation sites excluding steroid dienone is 6. The van der Waals surface area contributed by atoms with Crippen molar-refractivity contribution in [1.29, 1.82) is 0 Å². The Hall–Kier alpha value is -2.39. The van der Waals surface area contributed by atoms with Gasteiger partial charge in [-0.3, -0.25) is 4.79 Å². The summed E-state index contributed by atoms with van der Waals surface area (Å²) in [5, 5.41) is 0. The maximum absolute atomic E-state index is 12.6. The molecule has 0 unspecified atom stereocenters. The number of halogens is 1. The molecule has 24 heavy (non-hydrogen) atoms. The second kappa shape index (κ2) is 7.93. The first-order valence-electron chi connectivity index (χ1n) is 7.77. The van der Waals surface area contributed by atoms with Crippen molar-refractivity contribution in [3.63, 3.8) is 0 Å². The minimum Gasteiger partial charge on any atom is -0.488 e. The number of carbonyl (C=O) groups is 1. The third kappa shape index (κ3) is 4.33. The number of hydrogen-bond acceptors (Lipinski definition) is 2. The van der Waals surface area contributed by atoms with Gasteiger partial charge in [-0.25, -0.2) is 0 Å². The van der Waals surface area contributed by atoms with Crippen molar-refractivity contribution in [2.45, 2.75) is 13.0 Å². The molecule has 0 N–H and O–H groups in total.